The number of aromatic nitrogens is 1. The van der Waals surface area contributed by atoms with Crippen molar-refractivity contribution in [1.82, 2.24) is 10.3 Å². The van der Waals surface area contributed by atoms with Crippen LogP contribution in [0.15, 0.2) is 42.6 Å². The average Bonchev–Trinajstić information content (AvgIpc) is 3.19. The number of alkyl carbamates (subject to hydrolysis) is 1. The summed E-state index contributed by atoms with van der Waals surface area (Å²) in [5.74, 6) is -1.29. The number of ether oxygens (including phenoxy) is 3. The first kappa shape index (κ1) is 22.4. The molecule has 0 radical (unpaired) electrons. The number of carbonyl (C=O) groups excluding carboxylic acids is 1. The minimum atomic E-state index is -1.23. The Balaban J connectivity index is 1.70. The number of nitro groups is 1. The van der Waals surface area contributed by atoms with Crippen molar-refractivity contribution >= 4 is 28.7 Å². The van der Waals surface area contributed by atoms with E-state index in [1.54, 1.807) is 6.20 Å². The molecule has 168 valence electrons. The third-order valence-corrected chi connectivity index (χ3v) is 4.83. The van der Waals surface area contributed by atoms with Crippen LogP contribution in [0.25, 0.3) is 10.9 Å². The number of benzene rings is 2. The zero-order valence-electron chi connectivity index (χ0n) is 17.3. The molecule has 0 saturated heterocycles. The molecule has 0 fully saturated rings. The maximum Gasteiger partial charge on any atom is 0.408 e. The number of hydrogen-bond acceptors (Lipinski definition) is 7. The van der Waals surface area contributed by atoms with Crippen molar-refractivity contribution in [3.63, 3.8) is 0 Å². The topological polar surface area (TPSA) is 153 Å². The fourth-order valence-corrected chi connectivity index (χ4v) is 3.32. The minimum absolute atomic E-state index is 0.0445. The fourth-order valence-electron chi connectivity index (χ4n) is 3.32. The van der Waals surface area contributed by atoms with Crippen molar-refractivity contribution in [1.29, 1.82) is 0 Å². The van der Waals surface area contributed by atoms with E-state index in [1.165, 1.54) is 26.4 Å². The van der Waals surface area contributed by atoms with E-state index in [9.17, 15) is 24.8 Å². The van der Waals surface area contributed by atoms with E-state index in [2.05, 4.69) is 10.3 Å². The Labute approximate surface area is 182 Å². The van der Waals surface area contributed by atoms with Crippen molar-refractivity contribution in [3.05, 3.63) is 63.8 Å². The number of carboxylic acids is 1. The number of carboxylic acid groups (broad SMARTS) is 1. The Morgan fingerprint density at radius 3 is 2.50 bits per heavy atom. The summed E-state index contributed by atoms with van der Waals surface area (Å²) in [5.41, 5.74) is 1.60. The molecule has 1 aromatic heterocycles. The van der Waals surface area contributed by atoms with Crippen molar-refractivity contribution < 1.29 is 33.8 Å². The van der Waals surface area contributed by atoms with Gasteiger partial charge in [0.05, 0.1) is 19.1 Å². The summed E-state index contributed by atoms with van der Waals surface area (Å²) in [6.07, 6.45) is 0.779. The molecule has 3 N–H and O–H groups in total. The lowest BCUT2D eigenvalue weighted by molar-refractivity contribution is -0.385. The van der Waals surface area contributed by atoms with E-state index in [4.69, 9.17) is 14.2 Å². The Morgan fingerprint density at radius 1 is 1.12 bits per heavy atom. The van der Waals surface area contributed by atoms with Gasteiger partial charge in [-0.15, -0.1) is 0 Å². The lowest BCUT2D eigenvalue weighted by Crippen LogP contribution is -2.42. The summed E-state index contributed by atoms with van der Waals surface area (Å²) >= 11 is 0. The number of rotatable bonds is 9. The number of para-hydroxylation sites is 1. The van der Waals surface area contributed by atoms with Gasteiger partial charge < -0.3 is 29.6 Å². The average molecular weight is 443 g/mol. The predicted molar refractivity (Wildman–Crippen MR) is 113 cm³/mol. The van der Waals surface area contributed by atoms with Crippen LogP contribution >= 0.6 is 0 Å². The first-order valence-electron chi connectivity index (χ1n) is 9.45. The lowest BCUT2D eigenvalue weighted by Gasteiger charge is -2.16. The normalized spacial score (nSPS) is 11.6. The number of nitrogens with one attached hydrogen (secondary N) is 2. The number of nitro benzene ring substituents is 1. The molecule has 3 aromatic rings. The van der Waals surface area contributed by atoms with E-state index in [1.807, 2.05) is 24.3 Å². The summed E-state index contributed by atoms with van der Waals surface area (Å²) in [6, 6.07) is 8.75. The van der Waals surface area contributed by atoms with Gasteiger partial charge in [-0.05, 0) is 17.7 Å². The Kier molecular flexibility index (Phi) is 6.78. The van der Waals surface area contributed by atoms with Crippen molar-refractivity contribution in [3.8, 4) is 11.5 Å². The first-order valence-corrected chi connectivity index (χ1v) is 9.45. The quantitative estimate of drug-likeness (QED) is 0.337. The standard InChI is InChI=1S/C21H21N3O8/c1-30-18-12(7-8-17(24(28)29)19(18)31-2)11-32-21(27)23-16(20(25)26)9-13-10-22-15-6-4-3-5-14(13)15/h3-8,10,16,22H,9,11H2,1-2H3,(H,23,27)(H,25,26)/t16-/m0/s1. The van der Waals surface area contributed by atoms with Gasteiger partial charge >= 0.3 is 17.7 Å². The maximum atomic E-state index is 12.3. The van der Waals surface area contributed by atoms with Gasteiger partial charge in [-0.25, -0.2) is 9.59 Å². The monoisotopic (exact) mass is 443 g/mol. The van der Waals surface area contributed by atoms with Gasteiger partial charge in [0.2, 0.25) is 5.75 Å². The van der Waals surface area contributed by atoms with Gasteiger partial charge in [0.15, 0.2) is 5.75 Å². The molecule has 0 saturated carbocycles. The summed E-state index contributed by atoms with van der Waals surface area (Å²) in [7, 11) is 2.55. The fraction of sp³-hybridized carbons (Fsp3) is 0.238. The summed E-state index contributed by atoms with van der Waals surface area (Å²) in [6.45, 7) is -0.317. The van der Waals surface area contributed by atoms with E-state index in [0.717, 1.165) is 16.5 Å². The molecule has 32 heavy (non-hydrogen) atoms. The number of aromatic amines is 1. The number of hydrogen-bond donors (Lipinski definition) is 3. The molecule has 0 bridgehead atoms. The number of carbonyl (C=O) groups is 2. The molecule has 0 spiro atoms. The zero-order chi connectivity index (χ0) is 23.3. The molecule has 2 aromatic carbocycles. The molecule has 3 rings (SSSR count). The molecular formula is C21H21N3O8. The highest BCUT2D eigenvalue weighted by Gasteiger charge is 2.25. The number of aliphatic carboxylic acids is 1. The molecule has 0 aliphatic rings. The van der Waals surface area contributed by atoms with Gasteiger partial charge in [-0.2, -0.15) is 0 Å². The highest BCUT2D eigenvalue weighted by atomic mass is 16.6. The van der Waals surface area contributed by atoms with Crippen LogP contribution in [0.2, 0.25) is 0 Å². The number of fused-ring (bicyclic) bond motifs is 1. The molecule has 11 heteroatoms. The number of amides is 1. The molecule has 0 aliphatic heterocycles. The largest absolute Gasteiger partial charge is 0.492 e. The van der Waals surface area contributed by atoms with Crippen LogP contribution in [-0.2, 0) is 22.6 Å². The molecule has 1 amide bonds. The SMILES string of the molecule is COc1c(COC(=O)N[C@@H](Cc2c[nH]c3ccccc23)C(=O)O)ccc([N+](=O)[O-])c1OC. The van der Waals surface area contributed by atoms with Crippen molar-refractivity contribution in [2.45, 2.75) is 19.1 Å². The Bertz CT molecular complexity index is 1160. The van der Waals surface area contributed by atoms with Crippen LogP contribution < -0.4 is 14.8 Å². The summed E-state index contributed by atoms with van der Waals surface area (Å²) in [4.78, 5) is 37.5. The van der Waals surface area contributed by atoms with Crippen LogP contribution in [0, 0.1) is 10.1 Å². The van der Waals surface area contributed by atoms with Crippen LogP contribution in [0.5, 0.6) is 11.5 Å². The van der Waals surface area contributed by atoms with E-state index >= 15 is 0 Å². The highest BCUT2D eigenvalue weighted by molar-refractivity contribution is 5.85. The van der Waals surface area contributed by atoms with Crippen molar-refractivity contribution in [2.24, 2.45) is 0 Å². The first-order chi connectivity index (χ1) is 15.3. The van der Waals surface area contributed by atoms with Gasteiger partial charge in [0, 0.05) is 35.2 Å². The van der Waals surface area contributed by atoms with Gasteiger partial charge in [0.1, 0.15) is 12.6 Å². The molecule has 0 aliphatic carbocycles. The molecule has 1 atom stereocenters. The molecule has 0 unspecified atom stereocenters. The minimum Gasteiger partial charge on any atom is -0.492 e. The third kappa shape index (κ3) is 4.72. The van der Waals surface area contributed by atoms with Crippen molar-refractivity contribution in [2.75, 3.05) is 14.2 Å². The predicted octanol–water partition coefficient (Wildman–Crippen LogP) is 3.02. The third-order valence-electron chi connectivity index (χ3n) is 4.83. The second-order valence-corrected chi connectivity index (χ2v) is 6.74. The summed E-state index contributed by atoms with van der Waals surface area (Å²) in [5, 5.41) is 23.9. The maximum absolute atomic E-state index is 12.3. The van der Waals surface area contributed by atoms with Gasteiger partial charge in [-0.3, -0.25) is 10.1 Å². The van der Waals surface area contributed by atoms with Gasteiger partial charge in [0.25, 0.3) is 0 Å². The van der Waals surface area contributed by atoms with Crippen LogP contribution in [-0.4, -0.2) is 47.3 Å². The lowest BCUT2D eigenvalue weighted by atomic mass is 10.1. The number of methoxy groups -OCH3 is 2. The smallest absolute Gasteiger partial charge is 0.408 e. The van der Waals surface area contributed by atoms with Crippen LogP contribution in [0.3, 0.4) is 0 Å². The highest BCUT2D eigenvalue weighted by Crippen LogP contribution is 2.39. The van der Waals surface area contributed by atoms with Crippen LogP contribution in [0.4, 0.5) is 10.5 Å². The number of nitrogens with zero attached hydrogens (tertiary/aromatic N) is 1. The zero-order valence-corrected chi connectivity index (χ0v) is 17.3. The number of H-pyrrole nitrogens is 1. The molecule has 1 heterocycles. The van der Waals surface area contributed by atoms with E-state index in [-0.39, 0.29) is 30.2 Å². The van der Waals surface area contributed by atoms with E-state index < -0.39 is 23.0 Å². The second kappa shape index (κ2) is 9.69. The van der Waals surface area contributed by atoms with E-state index in [0.29, 0.717) is 5.56 Å². The summed E-state index contributed by atoms with van der Waals surface area (Å²) < 4.78 is 15.4. The Morgan fingerprint density at radius 2 is 1.84 bits per heavy atom. The Hall–Kier alpha value is -4.28. The molecule has 11 nitrogen and oxygen atoms in total. The van der Waals surface area contributed by atoms with Gasteiger partial charge in [-0.1, -0.05) is 18.2 Å². The second-order valence-electron chi connectivity index (χ2n) is 6.74. The van der Waals surface area contributed by atoms with Crippen LogP contribution in [0.1, 0.15) is 11.1 Å². The molecular weight excluding hydrogens is 422 g/mol.